The summed E-state index contributed by atoms with van der Waals surface area (Å²) in [6.07, 6.45) is 1.11. The predicted octanol–water partition coefficient (Wildman–Crippen LogP) is 3.70. The normalized spacial score (nSPS) is 17.5. The highest BCUT2D eigenvalue weighted by Gasteiger charge is 2.22. The first-order valence-electron chi connectivity index (χ1n) is 10.3. The van der Waals surface area contributed by atoms with Crippen LogP contribution in [-0.2, 0) is 6.42 Å². The third-order valence-corrected chi connectivity index (χ3v) is 5.70. The van der Waals surface area contributed by atoms with Gasteiger partial charge in [0, 0.05) is 42.2 Å². The number of rotatable bonds is 5. The molecule has 1 aliphatic heterocycles. The Morgan fingerprint density at radius 3 is 2.77 bits per heavy atom. The number of aliphatic hydroxyl groups is 1. The summed E-state index contributed by atoms with van der Waals surface area (Å²) < 4.78 is 5.51. The predicted molar refractivity (Wildman–Crippen MR) is 117 cm³/mol. The number of nitrogens with two attached hydrogens (primary N) is 1. The van der Waals surface area contributed by atoms with Crippen molar-refractivity contribution in [1.29, 1.82) is 0 Å². The molecule has 0 amide bonds. The van der Waals surface area contributed by atoms with Crippen LogP contribution in [0.3, 0.4) is 0 Å². The Morgan fingerprint density at radius 1 is 1.07 bits per heavy atom. The zero-order chi connectivity index (χ0) is 20.5. The highest BCUT2D eigenvalue weighted by Crippen LogP contribution is 2.33. The number of anilines is 1. The van der Waals surface area contributed by atoms with Gasteiger partial charge in [-0.1, -0.05) is 47.6 Å². The fourth-order valence-electron chi connectivity index (χ4n) is 4.16. The maximum atomic E-state index is 9.82. The maximum Gasteiger partial charge on any atom is 0.167 e. The van der Waals surface area contributed by atoms with Gasteiger partial charge in [0.1, 0.15) is 11.5 Å². The molecule has 2 aromatic carbocycles. The lowest BCUT2D eigenvalue weighted by molar-refractivity contribution is 0.198. The average Bonchev–Trinajstić information content (AvgIpc) is 3.40. The fraction of sp³-hybridized carbons (Fsp3) is 0.250. The number of fused-ring (bicyclic) bond motifs is 1. The Bertz CT molecular complexity index is 1170. The van der Waals surface area contributed by atoms with Crippen molar-refractivity contribution < 1.29 is 9.63 Å². The lowest BCUT2D eigenvalue weighted by Crippen LogP contribution is -2.23. The second-order valence-electron chi connectivity index (χ2n) is 7.80. The number of benzene rings is 2. The van der Waals surface area contributed by atoms with Crippen molar-refractivity contribution in [2.24, 2.45) is 5.73 Å². The van der Waals surface area contributed by atoms with Gasteiger partial charge in [0.15, 0.2) is 5.58 Å². The third kappa shape index (κ3) is 3.56. The van der Waals surface area contributed by atoms with Gasteiger partial charge >= 0.3 is 0 Å². The number of nitrogens with zero attached hydrogens (tertiary/aromatic N) is 3. The van der Waals surface area contributed by atoms with E-state index in [1.54, 1.807) is 0 Å². The van der Waals surface area contributed by atoms with Crippen LogP contribution in [0.4, 0.5) is 5.82 Å². The van der Waals surface area contributed by atoms with Crippen LogP contribution >= 0.6 is 0 Å². The number of aromatic nitrogens is 2. The first-order chi connectivity index (χ1) is 14.7. The molecule has 1 saturated heterocycles. The van der Waals surface area contributed by atoms with Crippen LogP contribution in [0.15, 0.2) is 71.3 Å². The first-order valence-corrected chi connectivity index (χ1v) is 10.3. The summed E-state index contributed by atoms with van der Waals surface area (Å²) in [5.74, 6) is 0.895. The van der Waals surface area contributed by atoms with Crippen molar-refractivity contribution in [3.63, 3.8) is 0 Å². The van der Waals surface area contributed by atoms with Crippen LogP contribution in [0.25, 0.3) is 22.2 Å². The lowest BCUT2D eigenvalue weighted by atomic mass is 9.94. The van der Waals surface area contributed by atoms with E-state index in [-0.39, 0.29) is 12.1 Å². The van der Waals surface area contributed by atoms with Crippen LogP contribution in [0.1, 0.15) is 23.7 Å². The van der Waals surface area contributed by atoms with Gasteiger partial charge in [-0.05, 0) is 36.2 Å². The molecule has 6 heteroatoms. The molecule has 0 aliphatic carbocycles. The molecule has 2 aromatic heterocycles. The van der Waals surface area contributed by atoms with Crippen molar-refractivity contribution in [2.45, 2.75) is 25.0 Å². The van der Waals surface area contributed by atoms with Gasteiger partial charge in [0.05, 0.1) is 6.10 Å². The fourth-order valence-corrected chi connectivity index (χ4v) is 4.16. The van der Waals surface area contributed by atoms with Crippen molar-refractivity contribution in [1.82, 2.24) is 10.1 Å². The van der Waals surface area contributed by atoms with Gasteiger partial charge in [-0.15, -0.1) is 0 Å². The van der Waals surface area contributed by atoms with E-state index < -0.39 is 0 Å². The first kappa shape index (κ1) is 18.8. The smallest absolute Gasteiger partial charge is 0.167 e. The number of hydrogen-bond acceptors (Lipinski definition) is 6. The summed E-state index contributed by atoms with van der Waals surface area (Å²) in [5.41, 5.74) is 11.1. The molecule has 2 unspecified atom stereocenters. The molecule has 152 valence electrons. The molecule has 0 bridgehead atoms. The van der Waals surface area contributed by atoms with Gasteiger partial charge in [0.25, 0.3) is 0 Å². The van der Waals surface area contributed by atoms with Crippen LogP contribution < -0.4 is 10.6 Å². The van der Waals surface area contributed by atoms with Gasteiger partial charge in [0.2, 0.25) is 0 Å². The Balaban J connectivity index is 1.43. The Kier molecular flexibility index (Phi) is 4.94. The second kappa shape index (κ2) is 7.89. The quantitative estimate of drug-likeness (QED) is 0.531. The molecule has 1 aliphatic rings. The Hall–Kier alpha value is -3.22. The number of aliphatic hydroxyl groups excluding tert-OH is 1. The zero-order valence-electron chi connectivity index (χ0n) is 16.6. The zero-order valence-corrected chi connectivity index (χ0v) is 16.6. The minimum atomic E-state index is -0.276. The number of pyridine rings is 1. The summed E-state index contributed by atoms with van der Waals surface area (Å²) in [7, 11) is 0. The van der Waals surface area contributed by atoms with Crippen LogP contribution in [0.2, 0.25) is 0 Å². The lowest BCUT2D eigenvalue weighted by Gasteiger charge is -2.19. The van der Waals surface area contributed by atoms with Gasteiger partial charge in [-0.2, -0.15) is 0 Å². The SMILES string of the molecule is NC(Cc1cccc(N2CCC(O)C2)n1)c1ccccc1-c1noc2ccccc12. The minimum Gasteiger partial charge on any atom is -0.391 e. The van der Waals surface area contributed by atoms with Crippen LogP contribution in [-0.4, -0.2) is 34.4 Å². The van der Waals surface area contributed by atoms with Crippen molar-refractivity contribution in [2.75, 3.05) is 18.0 Å². The minimum absolute atomic E-state index is 0.233. The summed E-state index contributed by atoms with van der Waals surface area (Å²) in [6.45, 7) is 1.45. The molecule has 0 saturated carbocycles. The highest BCUT2D eigenvalue weighted by atomic mass is 16.5. The van der Waals surface area contributed by atoms with E-state index in [0.717, 1.165) is 52.3 Å². The van der Waals surface area contributed by atoms with Gasteiger partial charge < -0.3 is 20.3 Å². The van der Waals surface area contributed by atoms with Crippen LogP contribution in [0.5, 0.6) is 0 Å². The monoisotopic (exact) mass is 400 g/mol. The molecular weight excluding hydrogens is 376 g/mol. The van der Waals surface area contributed by atoms with Gasteiger partial charge in [-0.3, -0.25) is 0 Å². The second-order valence-corrected chi connectivity index (χ2v) is 7.80. The third-order valence-electron chi connectivity index (χ3n) is 5.70. The maximum absolute atomic E-state index is 9.82. The molecule has 6 nitrogen and oxygen atoms in total. The van der Waals surface area contributed by atoms with E-state index in [1.165, 1.54) is 0 Å². The largest absolute Gasteiger partial charge is 0.391 e. The van der Waals surface area contributed by atoms with E-state index in [0.29, 0.717) is 13.0 Å². The standard InChI is InChI=1S/C24H24N4O2/c25-21(14-16-6-5-11-23(26-16)28-13-12-17(29)15-28)18-7-1-2-8-19(18)24-20-9-3-4-10-22(20)30-27-24/h1-11,17,21,29H,12-15,25H2. The number of β-amino-alcohol motifs (C(OH)–C–C–N with tert-alkyl or cyclic N) is 1. The van der Waals surface area contributed by atoms with E-state index >= 15 is 0 Å². The molecule has 3 heterocycles. The molecule has 0 radical (unpaired) electrons. The van der Waals surface area contributed by atoms with Crippen molar-refractivity contribution >= 4 is 16.8 Å². The van der Waals surface area contributed by atoms with E-state index in [1.807, 2.05) is 66.7 Å². The van der Waals surface area contributed by atoms with E-state index in [9.17, 15) is 5.11 Å². The van der Waals surface area contributed by atoms with Crippen molar-refractivity contribution in [3.05, 3.63) is 78.0 Å². The summed E-state index contributed by atoms with van der Waals surface area (Å²) in [5, 5.41) is 15.1. The Morgan fingerprint density at radius 2 is 1.90 bits per heavy atom. The van der Waals surface area contributed by atoms with E-state index in [4.69, 9.17) is 15.2 Å². The molecule has 5 rings (SSSR count). The molecule has 2 atom stereocenters. The molecule has 1 fully saturated rings. The van der Waals surface area contributed by atoms with Crippen LogP contribution in [0, 0.1) is 0 Å². The summed E-state index contributed by atoms with van der Waals surface area (Å²) in [4.78, 5) is 6.92. The average molecular weight is 400 g/mol. The molecule has 30 heavy (non-hydrogen) atoms. The Labute approximate surface area is 174 Å². The van der Waals surface area contributed by atoms with Gasteiger partial charge in [-0.25, -0.2) is 4.98 Å². The molecule has 0 spiro atoms. The van der Waals surface area contributed by atoms with E-state index in [2.05, 4.69) is 10.1 Å². The molecular formula is C24H24N4O2. The number of para-hydroxylation sites is 1. The molecule has 4 aromatic rings. The summed E-state index contributed by atoms with van der Waals surface area (Å²) >= 11 is 0. The molecule has 3 N–H and O–H groups in total. The summed E-state index contributed by atoms with van der Waals surface area (Å²) in [6, 6.07) is 21.7. The highest BCUT2D eigenvalue weighted by molar-refractivity contribution is 5.92. The van der Waals surface area contributed by atoms with Crippen molar-refractivity contribution in [3.8, 4) is 11.3 Å². The topological polar surface area (TPSA) is 88.4 Å². The number of hydrogen-bond donors (Lipinski definition) is 2.